The molecule has 0 saturated carbocycles. The molecule has 1 aliphatic rings. The Morgan fingerprint density at radius 1 is 1.29 bits per heavy atom. The molecule has 0 aliphatic carbocycles. The van der Waals surface area contributed by atoms with E-state index in [0.29, 0.717) is 6.54 Å². The van der Waals surface area contributed by atoms with E-state index < -0.39 is 0 Å². The van der Waals surface area contributed by atoms with E-state index in [1.165, 1.54) is 4.90 Å². The lowest BCUT2D eigenvalue weighted by atomic mass is 10.1. The van der Waals surface area contributed by atoms with Crippen LogP contribution in [0.15, 0.2) is 29.4 Å². The maximum atomic E-state index is 12.0. The number of quaternary nitrogens is 1. The van der Waals surface area contributed by atoms with Crippen LogP contribution in [0.25, 0.3) is 0 Å². The van der Waals surface area contributed by atoms with Gasteiger partial charge in [0.25, 0.3) is 5.91 Å². The van der Waals surface area contributed by atoms with E-state index in [0.717, 1.165) is 49.1 Å². The highest BCUT2D eigenvalue weighted by atomic mass is 16.2. The minimum atomic E-state index is 0.0447. The predicted octanol–water partition coefficient (Wildman–Crippen LogP) is -2.10. The first-order valence-electron chi connectivity index (χ1n) is 8.51. The number of carbonyl (C=O) groups excluding carboxylic acids is 1. The fourth-order valence-corrected chi connectivity index (χ4v) is 2.45. The normalized spacial score (nSPS) is 14.3. The number of hydrogen-bond donors (Lipinski definition) is 5. The molecule has 0 bridgehead atoms. The molecule has 0 unspecified atom stereocenters. The Morgan fingerprint density at radius 2 is 2.00 bits per heavy atom. The van der Waals surface area contributed by atoms with E-state index in [-0.39, 0.29) is 5.91 Å². The summed E-state index contributed by atoms with van der Waals surface area (Å²) in [6, 6.07) is 7.73. The van der Waals surface area contributed by atoms with Gasteiger partial charge >= 0.3 is 5.96 Å². The summed E-state index contributed by atoms with van der Waals surface area (Å²) in [5.41, 5.74) is 5.67. The van der Waals surface area contributed by atoms with E-state index in [9.17, 15) is 4.79 Å². The first kappa shape index (κ1) is 17.9. The van der Waals surface area contributed by atoms with Gasteiger partial charge in [0.1, 0.15) is 0 Å². The van der Waals surface area contributed by atoms with Crippen molar-refractivity contribution in [2.75, 3.05) is 38.0 Å². The van der Waals surface area contributed by atoms with E-state index in [4.69, 9.17) is 0 Å². The molecule has 130 valence electrons. The van der Waals surface area contributed by atoms with Gasteiger partial charge in [-0.25, -0.2) is 0 Å². The molecule has 0 radical (unpaired) electrons. The van der Waals surface area contributed by atoms with Crippen molar-refractivity contribution in [3.63, 3.8) is 0 Å². The molecule has 1 aromatic rings. The lowest BCUT2D eigenvalue weighted by Gasteiger charge is -2.14. The Balaban J connectivity index is 1.89. The maximum Gasteiger partial charge on any atom is 0.367 e. The molecule has 0 spiro atoms. The number of nitrogens with one attached hydrogen (secondary N) is 5. The summed E-state index contributed by atoms with van der Waals surface area (Å²) < 4.78 is 0. The summed E-state index contributed by atoms with van der Waals surface area (Å²) in [6.45, 7) is 10.3. The van der Waals surface area contributed by atoms with Crippen molar-refractivity contribution in [1.29, 1.82) is 0 Å². The fraction of sp³-hybridized carbons (Fsp3) is 0.471. The summed E-state index contributed by atoms with van der Waals surface area (Å²) in [6.07, 6.45) is 0. The van der Waals surface area contributed by atoms with Gasteiger partial charge in [0.15, 0.2) is 6.54 Å². The quantitative estimate of drug-likeness (QED) is 0.293. The zero-order valence-corrected chi connectivity index (χ0v) is 14.7. The van der Waals surface area contributed by atoms with Crippen LogP contribution >= 0.6 is 0 Å². The summed E-state index contributed by atoms with van der Waals surface area (Å²) >= 11 is 0. The zero-order chi connectivity index (χ0) is 17.4. The van der Waals surface area contributed by atoms with Gasteiger partial charge in [0.05, 0.1) is 31.9 Å². The summed E-state index contributed by atoms with van der Waals surface area (Å²) in [5.74, 6) is 0.875. The first-order chi connectivity index (χ1) is 11.6. The second-order valence-corrected chi connectivity index (χ2v) is 5.80. The topological polar surface area (TPSA) is 83.9 Å². The maximum absolute atomic E-state index is 12.0. The number of rotatable bonds is 7. The molecule has 1 aliphatic heterocycles. The molecule has 5 N–H and O–H groups in total. The third-order valence-electron chi connectivity index (χ3n) is 4.06. The molecule has 0 atom stereocenters. The number of nitrogens with zero attached hydrogens (tertiary/aromatic N) is 1. The zero-order valence-electron chi connectivity index (χ0n) is 14.7. The van der Waals surface area contributed by atoms with Crippen LogP contribution in [0.3, 0.4) is 0 Å². The van der Waals surface area contributed by atoms with Crippen molar-refractivity contribution in [3.05, 3.63) is 29.8 Å². The average molecular weight is 332 g/mol. The van der Waals surface area contributed by atoms with Crippen molar-refractivity contribution in [2.45, 2.75) is 20.8 Å². The van der Waals surface area contributed by atoms with Crippen LogP contribution in [0.2, 0.25) is 0 Å². The molecule has 0 fully saturated rings. The Morgan fingerprint density at radius 3 is 2.58 bits per heavy atom. The highest BCUT2D eigenvalue weighted by Gasteiger charge is 2.12. The first-order valence-corrected chi connectivity index (χ1v) is 8.51. The summed E-state index contributed by atoms with van der Waals surface area (Å²) in [5, 5.41) is 10.4. The second-order valence-electron chi connectivity index (χ2n) is 5.80. The number of guanidine groups is 1. The Hall–Kier alpha value is -2.41. The van der Waals surface area contributed by atoms with Gasteiger partial charge in [-0.1, -0.05) is 12.1 Å². The van der Waals surface area contributed by atoms with Gasteiger partial charge in [-0.2, -0.15) is 5.43 Å². The number of amides is 1. The molecule has 24 heavy (non-hydrogen) atoms. The second kappa shape index (κ2) is 9.02. The fourth-order valence-electron chi connectivity index (χ4n) is 2.45. The number of hydrazone groups is 1. The van der Waals surface area contributed by atoms with E-state index in [2.05, 4.69) is 40.0 Å². The van der Waals surface area contributed by atoms with Crippen molar-refractivity contribution in [1.82, 2.24) is 10.7 Å². The number of benzene rings is 1. The Kier molecular flexibility index (Phi) is 6.74. The van der Waals surface area contributed by atoms with Gasteiger partial charge in [0.2, 0.25) is 0 Å². The van der Waals surface area contributed by atoms with Crippen LogP contribution in [0.4, 0.5) is 5.69 Å². The summed E-state index contributed by atoms with van der Waals surface area (Å²) in [7, 11) is 0. The number of likely N-dealkylation sites (N-methyl/N-ethyl adjacent to an activating group) is 1. The van der Waals surface area contributed by atoms with E-state index in [1.807, 2.05) is 31.2 Å². The van der Waals surface area contributed by atoms with Gasteiger partial charge in [0, 0.05) is 5.69 Å². The number of carbonyl (C=O) groups is 1. The highest BCUT2D eigenvalue weighted by molar-refractivity contribution is 6.00. The molecule has 1 heterocycles. The Bertz CT molecular complexity index is 604. The Labute approximate surface area is 143 Å². The van der Waals surface area contributed by atoms with Gasteiger partial charge in [-0.05, 0) is 38.5 Å². The van der Waals surface area contributed by atoms with Crippen LogP contribution < -0.4 is 26.0 Å². The van der Waals surface area contributed by atoms with Crippen LogP contribution in [0.1, 0.15) is 26.3 Å². The van der Waals surface area contributed by atoms with Gasteiger partial charge in [-0.15, -0.1) is 5.10 Å². The van der Waals surface area contributed by atoms with E-state index >= 15 is 0 Å². The molecule has 7 nitrogen and oxygen atoms in total. The third-order valence-corrected chi connectivity index (χ3v) is 4.06. The molecular weight excluding hydrogens is 304 g/mol. The van der Waals surface area contributed by atoms with Crippen molar-refractivity contribution < 1.29 is 14.7 Å². The minimum absolute atomic E-state index is 0.0447. The average Bonchev–Trinajstić information content (AvgIpc) is 3.11. The van der Waals surface area contributed by atoms with Crippen LogP contribution in [0, 0.1) is 0 Å². The summed E-state index contributed by atoms with van der Waals surface area (Å²) in [4.78, 5) is 16.5. The predicted molar refractivity (Wildman–Crippen MR) is 96.2 cm³/mol. The molecular formula is C17H28N6O+2. The smallest absolute Gasteiger partial charge is 0.328 e. The van der Waals surface area contributed by atoms with Gasteiger partial charge < -0.3 is 10.2 Å². The monoisotopic (exact) mass is 332 g/mol. The lowest BCUT2D eigenvalue weighted by molar-refractivity contribution is -0.888. The van der Waals surface area contributed by atoms with E-state index in [1.54, 1.807) is 0 Å². The molecule has 7 heteroatoms. The van der Waals surface area contributed by atoms with Crippen LogP contribution in [-0.4, -0.2) is 50.3 Å². The van der Waals surface area contributed by atoms with Crippen molar-refractivity contribution in [3.8, 4) is 0 Å². The van der Waals surface area contributed by atoms with Crippen LogP contribution in [0.5, 0.6) is 0 Å². The molecule has 0 saturated heterocycles. The van der Waals surface area contributed by atoms with Crippen molar-refractivity contribution >= 4 is 23.3 Å². The largest absolute Gasteiger partial charge is 0.367 e. The molecule has 2 rings (SSSR count). The van der Waals surface area contributed by atoms with Crippen LogP contribution in [-0.2, 0) is 4.79 Å². The third kappa shape index (κ3) is 5.34. The number of hydrogen-bond acceptors (Lipinski definition) is 4. The van der Waals surface area contributed by atoms with Gasteiger partial charge in [-0.3, -0.25) is 15.1 Å². The molecule has 0 aromatic heterocycles. The molecule has 1 aromatic carbocycles. The number of anilines is 1. The minimum Gasteiger partial charge on any atom is -0.328 e. The lowest BCUT2D eigenvalue weighted by Crippen LogP contribution is -3.12. The highest BCUT2D eigenvalue weighted by Crippen LogP contribution is 2.10. The SMILES string of the molecule is CC[NH+](CC)CC(=O)Nc1ccc(/C(C)=N\NC2=[NH+]CCN2)cc1. The van der Waals surface area contributed by atoms with Crippen molar-refractivity contribution in [2.24, 2.45) is 5.10 Å². The standard InChI is InChI=1S/C17H26N6O/c1-4-23(5-2)12-16(24)20-15-8-6-14(7-9-15)13(3)21-22-17-18-10-11-19-17/h6-9H,4-5,10-12H2,1-3H3,(H,20,24)(H2,18,19,22)/p+2/b21-13-. The molecule has 1 amide bonds.